The molecule has 0 heterocycles. The zero-order chi connectivity index (χ0) is 15.7. The molecule has 0 spiro atoms. The van der Waals surface area contributed by atoms with Gasteiger partial charge >= 0.3 is 0 Å². The zero-order valence-corrected chi connectivity index (χ0v) is 13.0. The van der Waals surface area contributed by atoms with Crippen LogP contribution in [-0.4, -0.2) is 42.7 Å². The van der Waals surface area contributed by atoms with Crippen molar-refractivity contribution in [2.45, 2.75) is 32.6 Å². The topological polar surface area (TPSA) is 75.8 Å². The van der Waals surface area contributed by atoms with Gasteiger partial charge in [0, 0.05) is 13.1 Å². The SMILES string of the molecule is CCCCCCN(CCO)C(=O)c1cccc(OC)c1N. The van der Waals surface area contributed by atoms with E-state index in [1.165, 1.54) is 7.11 Å². The van der Waals surface area contributed by atoms with Crippen molar-refractivity contribution in [3.63, 3.8) is 0 Å². The van der Waals surface area contributed by atoms with Crippen LogP contribution in [0.2, 0.25) is 0 Å². The normalized spacial score (nSPS) is 10.4. The number of ether oxygens (including phenoxy) is 1. The lowest BCUT2D eigenvalue weighted by Crippen LogP contribution is -2.35. The number of para-hydroxylation sites is 1. The molecule has 0 aliphatic carbocycles. The van der Waals surface area contributed by atoms with Gasteiger partial charge < -0.3 is 20.5 Å². The minimum absolute atomic E-state index is 0.0522. The number of hydrogen-bond acceptors (Lipinski definition) is 4. The molecule has 1 rings (SSSR count). The maximum atomic E-state index is 12.6. The number of benzene rings is 1. The van der Waals surface area contributed by atoms with Crippen molar-refractivity contribution >= 4 is 11.6 Å². The Morgan fingerprint density at radius 3 is 2.67 bits per heavy atom. The molecular formula is C16H26N2O3. The Kier molecular flexibility index (Phi) is 7.61. The Labute approximate surface area is 126 Å². The highest BCUT2D eigenvalue weighted by Crippen LogP contribution is 2.25. The van der Waals surface area contributed by atoms with Crippen molar-refractivity contribution in [2.24, 2.45) is 0 Å². The number of aliphatic hydroxyl groups is 1. The summed E-state index contributed by atoms with van der Waals surface area (Å²) in [7, 11) is 1.52. The lowest BCUT2D eigenvalue weighted by atomic mass is 10.1. The molecule has 118 valence electrons. The van der Waals surface area contributed by atoms with Gasteiger partial charge in [-0.2, -0.15) is 0 Å². The number of unbranched alkanes of at least 4 members (excludes halogenated alkanes) is 3. The third kappa shape index (κ3) is 4.93. The predicted molar refractivity (Wildman–Crippen MR) is 84.5 cm³/mol. The summed E-state index contributed by atoms with van der Waals surface area (Å²) in [6.07, 6.45) is 4.32. The van der Waals surface area contributed by atoms with E-state index in [0.29, 0.717) is 30.1 Å². The number of carbonyl (C=O) groups is 1. The number of rotatable bonds is 9. The Morgan fingerprint density at radius 1 is 1.29 bits per heavy atom. The molecule has 1 amide bonds. The number of methoxy groups -OCH3 is 1. The lowest BCUT2D eigenvalue weighted by Gasteiger charge is -2.23. The van der Waals surface area contributed by atoms with Crippen LogP contribution >= 0.6 is 0 Å². The number of anilines is 1. The summed E-state index contributed by atoms with van der Waals surface area (Å²) in [4.78, 5) is 14.2. The summed E-state index contributed by atoms with van der Waals surface area (Å²) in [6.45, 7) is 3.05. The van der Waals surface area contributed by atoms with Crippen LogP contribution in [0.4, 0.5) is 5.69 Å². The minimum atomic E-state index is -0.156. The van der Waals surface area contributed by atoms with E-state index in [9.17, 15) is 4.79 Å². The van der Waals surface area contributed by atoms with Crippen LogP contribution in [0.5, 0.6) is 5.75 Å². The molecule has 0 unspecified atom stereocenters. The highest BCUT2D eigenvalue weighted by Gasteiger charge is 2.19. The Bertz CT molecular complexity index is 449. The number of nitrogen functional groups attached to an aromatic ring is 1. The summed E-state index contributed by atoms with van der Waals surface area (Å²) in [6, 6.07) is 5.16. The fraction of sp³-hybridized carbons (Fsp3) is 0.562. The van der Waals surface area contributed by atoms with Crippen molar-refractivity contribution in [3.05, 3.63) is 23.8 Å². The molecule has 0 saturated heterocycles. The van der Waals surface area contributed by atoms with Gasteiger partial charge in [0.2, 0.25) is 0 Å². The van der Waals surface area contributed by atoms with Crippen LogP contribution in [-0.2, 0) is 0 Å². The van der Waals surface area contributed by atoms with Crippen molar-refractivity contribution in [1.29, 1.82) is 0 Å². The molecule has 0 fully saturated rings. The van der Waals surface area contributed by atoms with Crippen LogP contribution < -0.4 is 10.5 Å². The number of nitrogens with two attached hydrogens (primary N) is 1. The van der Waals surface area contributed by atoms with E-state index < -0.39 is 0 Å². The number of nitrogens with zero attached hydrogens (tertiary/aromatic N) is 1. The smallest absolute Gasteiger partial charge is 0.256 e. The number of hydrogen-bond donors (Lipinski definition) is 2. The first-order valence-electron chi connectivity index (χ1n) is 7.48. The van der Waals surface area contributed by atoms with Gasteiger partial charge in [0.05, 0.1) is 25.0 Å². The monoisotopic (exact) mass is 294 g/mol. The maximum Gasteiger partial charge on any atom is 0.256 e. The molecular weight excluding hydrogens is 268 g/mol. The molecule has 5 nitrogen and oxygen atoms in total. The van der Waals surface area contributed by atoms with E-state index >= 15 is 0 Å². The summed E-state index contributed by atoms with van der Waals surface area (Å²) in [5.74, 6) is 0.340. The summed E-state index contributed by atoms with van der Waals surface area (Å²) in [5.41, 5.74) is 6.75. The average molecular weight is 294 g/mol. The molecule has 5 heteroatoms. The number of carbonyl (C=O) groups excluding carboxylic acids is 1. The molecule has 0 aromatic heterocycles. The first kappa shape index (κ1) is 17.3. The van der Waals surface area contributed by atoms with Crippen LogP contribution in [0, 0.1) is 0 Å². The van der Waals surface area contributed by atoms with Crippen molar-refractivity contribution in [3.8, 4) is 5.75 Å². The highest BCUT2D eigenvalue weighted by molar-refractivity contribution is 6.00. The molecule has 0 bridgehead atoms. The van der Waals surface area contributed by atoms with E-state index in [-0.39, 0.29) is 12.5 Å². The molecule has 0 radical (unpaired) electrons. The van der Waals surface area contributed by atoms with E-state index in [4.69, 9.17) is 15.6 Å². The van der Waals surface area contributed by atoms with Crippen LogP contribution in [0.15, 0.2) is 18.2 Å². The van der Waals surface area contributed by atoms with Crippen LogP contribution in [0.1, 0.15) is 43.0 Å². The van der Waals surface area contributed by atoms with E-state index in [2.05, 4.69) is 6.92 Å². The summed E-state index contributed by atoms with van der Waals surface area (Å²) >= 11 is 0. The summed E-state index contributed by atoms with van der Waals surface area (Å²) in [5, 5.41) is 9.16. The molecule has 0 aliphatic rings. The highest BCUT2D eigenvalue weighted by atomic mass is 16.5. The van der Waals surface area contributed by atoms with Gasteiger partial charge in [-0.3, -0.25) is 4.79 Å². The Morgan fingerprint density at radius 2 is 2.05 bits per heavy atom. The molecule has 1 aromatic rings. The first-order chi connectivity index (χ1) is 10.2. The fourth-order valence-corrected chi connectivity index (χ4v) is 2.24. The third-order valence-electron chi connectivity index (χ3n) is 3.46. The number of aliphatic hydroxyl groups excluding tert-OH is 1. The van der Waals surface area contributed by atoms with Crippen molar-refractivity contribution < 1.29 is 14.6 Å². The van der Waals surface area contributed by atoms with E-state index in [1.54, 1.807) is 23.1 Å². The Balaban J connectivity index is 2.80. The lowest BCUT2D eigenvalue weighted by molar-refractivity contribution is 0.0719. The second-order valence-electron chi connectivity index (χ2n) is 5.00. The standard InChI is InChI=1S/C16H26N2O3/c1-3-4-5-6-10-18(11-12-19)16(20)13-8-7-9-14(21-2)15(13)17/h7-9,19H,3-6,10-12,17H2,1-2H3. The second kappa shape index (κ2) is 9.23. The minimum Gasteiger partial charge on any atom is -0.495 e. The average Bonchev–Trinajstić information content (AvgIpc) is 2.50. The maximum absolute atomic E-state index is 12.6. The van der Waals surface area contributed by atoms with Crippen molar-refractivity contribution in [1.82, 2.24) is 4.90 Å². The first-order valence-corrected chi connectivity index (χ1v) is 7.48. The van der Waals surface area contributed by atoms with E-state index in [0.717, 1.165) is 25.7 Å². The molecule has 21 heavy (non-hydrogen) atoms. The summed E-state index contributed by atoms with van der Waals surface area (Å²) < 4.78 is 5.14. The van der Waals surface area contributed by atoms with Crippen LogP contribution in [0.25, 0.3) is 0 Å². The number of amides is 1. The van der Waals surface area contributed by atoms with Gasteiger partial charge in [0.1, 0.15) is 5.75 Å². The molecule has 1 aromatic carbocycles. The van der Waals surface area contributed by atoms with E-state index in [1.807, 2.05) is 0 Å². The quantitative estimate of drug-likeness (QED) is 0.541. The van der Waals surface area contributed by atoms with Gasteiger partial charge in [0.15, 0.2) is 0 Å². The van der Waals surface area contributed by atoms with Crippen LogP contribution in [0.3, 0.4) is 0 Å². The third-order valence-corrected chi connectivity index (χ3v) is 3.46. The van der Waals surface area contributed by atoms with Gasteiger partial charge in [-0.15, -0.1) is 0 Å². The van der Waals surface area contributed by atoms with Gasteiger partial charge in [-0.05, 0) is 18.6 Å². The molecule has 3 N–H and O–H groups in total. The fourth-order valence-electron chi connectivity index (χ4n) is 2.24. The molecule has 0 saturated carbocycles. The Hall–Kier alpha value is -1.75. The molecule has 0 atom stereocenters. The largest absolute Gasteiger partial charge is 0.495 e. The second-order valence-corrected chi connectivity index (χ2v) is 5.00. The van der Waals surface area contributed by atoms with Gasteiger partial charge in [-0.1, -0.05) is 32.3 Å². The van der Waals surface area contributed by atoms with Gasteiger partial charge in [0.25, 0.3) is 5.91 Å². The van der Waals surface area contributed by atoms with Crippen molar-refractivity contribution in [2.75, 3.05) is 32.5 Å². The zero-order valence-electron chi connectivity index (χ0n) is 13.0. The predicted octanol–water partition coefficient (Wildman–Crippen LogP) is 2.29. The molecule has 0 aliphatic heterocycles. The van der Waals surface area contributed by atoms with Gasteiger partial charge in [-0.25, -0.2) is 0 Å².